The summed E-state index contributed by atoms with van der Waals surface area (Å²) in [7, 11) is 0. The maximum Gasteiger partial charge on any atom is 0.416 e. The van der Waals surface area contributed by atoms with Crippen molar-refractivity contribution >= 4 is 17.0 Å². The molecule has 1 N–H and O–H groups in total. The Labute approximate surface area is 163 Å². The Morgan fingerprint density at radius 2 is 1.61 bits per heavy atom. The number of nitrogens with zero attached hydrogens (tertiary/aromatic N) is 2. The molecule has 3 nitrogen and oxygen atoms in total. The van der Waals surface area contributed by atoms with Gasteiger partial charge in [0.2, 0.25) is 5.95 Å². The van der Waals surface area contributed by atoms with Crippen LogP contribution < -0.4 is 5.32 Å². The summed E-state index contributed by atoms with van der Waals surface area (Å²) in [6, 6.07) is 12.1. The molecule has 1 aromatic heterocycles. The second kappa shape index (κ2) is 7.49. The summed E-state index contributed by atoms with van der Waals surface area (Å²) in [5.74, 6) is 0.594. The van der Waals surface area contributed by atoms with E-state index in [1.165, 1.54) is 11.6 Å². The van der Waals surface area contributed by atoms with Gasteiger partial charge >= 0.3 is 6.18 Å². The van der Waals surface area contributed by atoms with Gasteiger partial charge in [-0.3, -0.25) is 0 Å². The number of hydrogen-bond donors (Lipinski definition) is 1. The highest BCUT2D eigenvalue weighted by Crippen LogP contribution is 2.32. The zero-order valence-corrected chi connectivity index (χ0v) is 16.7. The van der Waals surface area contributed by atoms with Gasteiger partial charge in [-0.1, -0.05) is 52.0 Å². The molecule has 6 heteroatoms. The quantitative estimate of drug-likeness (QED) is 0.549. The smallest absolute Gasteiger partial charge is 0.352 e. The lowest BCUT2D eigenvalue weighted by atomic mass is 9.87. The van der Waals surface area contributed by atoms with Crippen LogP contribution in [0, 0.1) is 0 Å². The molecule has 0 unspecified atom stereocenters. The average molecular weight is 389 g/mol. The molecule has 0 saturated heterocycles. The maximum atomic E-state index is 13.0. The molecule has 0 spiro atoms. The fraction of sp³-hybridized carbons (Fsp3) is 0.409. The normalized spacial score (nSPS) is 12.5. The standard InChI is InChI=1S/C22H26F3N3/c1-5-12-28-19-11-10-17(22(23,24)25)13-18(19)27-20(28)26-14-15-6-8-16(9-7-15)21(2,3)4/h6-11,13H,5,12,14H2,1-4H3,(H,26,27). The Morgan fingerprint density at radius 1 is 0.964 bits per heavy atom. The lowest BCUT2D eigenvalue weighted by Crippen LogP contribution is -2.11. The first-order valence-electron chi connectivity index (χ1n) is 9.50. The minimum absolute atomic E-state index is 0.0945. The number of aromatic nitrogens is 2. The number of anilines is 1. The number of alkyl halides is 3. The Balaban J connectivity index is 1.86. The number of aryl methyl sites for hydroxylation is 1. The van der Waals surface area contributed by atoms with Gasteiger partial charge in [-0.15, -0.1) is 0 Å². The summed E-state index contributed by atoms with van der Waals surface area (Å²) in [6.07, 6.45) is -3.51. The Morgan fingerprint density at radius 3 is 2.18 bits per heavy atom. The van der Waals surface area contributed by atoms with Crippen LogP contribution in [0.4, 0.5) is 19.1 Å². The monoisotopic (exact) mass is 389 g/mol. The first-order chi connectivity index (χ1) is 13.1. The van der Waals surface area contributed by atoms with Crippen LogP contribution in [0.2, 0.25) is 0 Å². The molecule has 0 aliphatic heterocycles. The number of hydrogen-bond acceptors (Lipinski definition) is 2. The highest BCUT2D eigenvalue weighted by Gasteiger charge is 2.31. The third-order valence-corrected chi connectivity index (χ3v) is 4.79. The minimum Gasteiger partial charge on any atom is -0.352 e. The first kappa shape index (κ1) is 20.2. The zero-order valence-electron chi connectivity index (χ0n) is 16.7. The van der Waals surface area contributed by atoms with Gasteiger partial charge in [-0.2, -0.15) is 13.2 Å². The number of halogens is 3. The van der Waals surface area contributed by atoms with Gasteiger partial charge in [-0.25, -0.2) is 4.98 Å². The summed E-state index contributed by atoms with van der Waals surface area (Å²) in [5, 5.41) is 3.29. The summed E-state index contributed by atoms with van der Waals surface area (Å²) in [5.41, 5.74) is 2.84. The van der Waals surface area contributed by atoms with Crippen LogP contribution in [0.15, 0.2) is 42.5 Å². The highest BCUT2D eigenvalue weighted by atomic mass is 19.4. The summed E-state index contributed by atoms with van der Waals surface area (Å²) < 4.78 is 41.0. The van der Waals surface area contributed by atoms with E-state index in [0.717, 1.165) is 24.1 Å². The van der Waals surface area contributed by atoms with Crippen molar-refractivity contribution in [3.05, 3.63) is 59.2 Å². The third-order valence-electron chi connectivity index (χ3n) is 4.79. The van der Waals surface area contributed by atoms with Crippen molar-refractivity contribution in [3.8, 4) is 0 Å². The van der Waals surface area contributed by atoms with E-state index >= 15 is 0 Å². The van der Waals surface area contributed by atoms with Crippen molar-refractivity contribution in [1.82, 2.24) is 9.55 Å². The lowest BCUT2D eigenvalue weighted by Gasteiger charge is -2.19. The molecule has 0 saturated carbocycles. The summed E-state index contributed by atoms with van der Waals surface area (Å²) in [6.45, 7) is 9.79. The number of fused-ring (bicyclic) bond motifs is 1. The molecule has 1 heterocycles. The van der Waals surface area contributed by atoms with E-state index in [0.29, 0.717) is 30.1 Å². The van der Waals surface area contributed by atoms with Crippen LogP contribution in [0.25, 0.3) is 11.0 Å². The zero-order chi connectivity index (χ0) is 20.5. The van der Waals surface area contributed by atoms with Crippen LogP contribution in [-0.4, -0.2) is 9.55 Å². The average Bonchev–Trinajstić information content (AvgIpc) is 2.96. The largest absolute Gasteiger partial charge is 0.416 e. The molecule has 0 aliphatic rings. The van der Waals surface area contributed by atoms with E-state index in [4.69, 9.17) is 0 Å². The topological polar surface area (TPSA) is 29.9 Å². The Hall–Kier alpha value is -2.50. The van der Waals surface area contributed by atoms with E-state index < -0.39 is 11.7 Å². The van der Waals surface area contributed by atoms with E-state index in [1.807, 2.05) is 11.5 Å². The van der Waals surface area contributed by atoms with Gasteiger partial charge < -0.3 is 9.88 Å². The molecule has 0 bridgehead atoms. The van der Waals surface area contributed by atoms with Crippen LogP contribution in [0.5, 0.6) is 0 Å². The molecule has 0 atom stereocenters. The molecule has 3 rings (SSSR count). The Kier molecular flexibility index (Phi) is 5.41. The lowest BCUT2D eigenvalue weighted by molar-refractivity contribution is -0.137. The van der Waals surface area contributed by atoms with Crippen LogP contribution in [0.1, 0.15) is 50.8 Å². The number of rotatable bonds is 5. The minimum atomic E-state index is -4.37. The first-order valence-corrected chi connectivity index (χ1v) is 9.50. The highest BCUT2D eigenvalue weighted by molar-refractivity contribution is 5.79. The molecule has 150 valence electrons. The van der Waals surface area contributed by atoms with Crippen molar-refractivity contribution in [2.24, 2.45) is 0 Å². The summed E-state index contributed by atoms with van der Waals surface area (Å²) in [4.78, 5) is 4.43. The van der Waals surface area contributed by atoms with E-state index in [-0.39, 0.29) is 5.41 Å². The summed E-state index contributed by atoms with van der Waals surface area (Å²) >= 11 is 0. The van der Waals surface area contributed by atoms with Crippen LogP contribution >= 0.6 is 0 Å². The van der Waals surface area contributed by atoms with E-state index in [1.54, 1.807) is 0 Å². The maximum absolute atomic E-state index is 13.0. The third kappa shape index (κ3) is 4.32. The van der Waals surface area contributed by atoms with Crippen molar-refractivity contribution in [2.45, 2.75) is 58.8 Å². The molecular formula is C22H26F3N3. The van der Waals surface area contributed by atoms with Crippen molar-refractivity contribution in [3.63, 3.8) is 0 Å². The molecule has 0 amide bonds. The molecule has 3 aromatic rings. The second-order valence-electron chi connectivity index (χ2n) is 8.09. The fourth-order valence-electron chi connectivity index (χ4n) is 3.19. The van der Waals surface area contributed by atoms with Gasteiger partial charge in [-0.05, 0) is 41.2 Å². The van der Waals surface area contributed by atoms with Gasteiger partial charge in [0.05, 0.1) is 16.6 Å². The molecule has 0 aliphatic carbocycles. The molecule has 28 heavy (non-hydrogen) atoms. The SMILES string of the molecule is CCCn1c(NCc2ccc(C(C)(C)C)cc2)nc2cc(C(F)(F)F)ccc21. The molecule has 0 radical (unpaired) electrons. The molecule has 0 fully saturated rings. The van der Waals surface area contributed by atoms with E-state index in [9.17, 15) is 13.2 Å². The molecular weight excluding hydrogens is 363 g/mol. The van der Waals surface area contributed by atoms with Crippen LogP contribution in [-0.2, 0) is 24.7 Å². The Bertz CT molecular complexity index is 948. The van der Waals surface area contributed by atoms with Crippen molar-refractivity contribution < 1.29 is 13.2 Å². The second-order valence-corrected chi connectivity index (χ2v) is 8.09. The van der Waals surface area contributed by atoms with Crippen molar-refractivity contribution in [2.75, 3.05) is 5.32 Å². The predicted octanol–water partition coefficient (Wildman–Crippen LogP) is 6.37. The number of imidazole rings is 1. The fourth-order valence-corrected chi connectivity index (χ4v) is 3.19. The van der Waals surface area contributed by atoms with E-state index in [2.05, 4.69) is 55.3 Å². The predicted molar refractivity (Wildman–Crippen MR) is 107 cm³/mol. The van der Waals surface area contributed by atoms with Crippen LogP contribution in [0.3, 0.4) is 0 Å². The molecule has 2 aromatic carbocycles. The van der Waals surface area contributed by atoms with Gasteiger partial charge in [0.1, 0.15) is 0 Å². The van der Waals surface area contributed by atoms with Gasteiger partial charge in [0, 0.05) is 13.1 Å². The number of benzene rings is 2. The van der Waals surface area contributed by atoms with Gasteiger partial charge in [0.15, 0.2) is 0 Å². The number of nitrogens with one attached hydrogen (secondary N) is 1. The van der Waals surface area contributed by atoms with Crippen molar-refractivity contribution in [1.29, 1.82) is 0 Å². The van der Waals surface area contributed by atoms with Gasteiger partial charge in [0.25, 0.3) is 0 Å².